The number of nitrogens with one attached hydrogen (secondary N) is 3. The third-order valence-electron chi connectivity index (χ3n) is 4.39. The zero-order valence-electron chi connectivity index (χ0n) is 15.1. The van der Waals surface area contributed by atoms with Crippen LogP contribution in [0.1, 0.15) is 12.6 Å². The van der Waals surface area contributed by atoms with Crippen molar-refractivity contribution in [2.75, 3.05) is 18.9 Å². The van der Waals surface area contributed by atoms with Crippen LogP contribution in [0, 0.1) is 0 Å². The lowest BCUT2D eigenvalue weighted by molar-refractivity contribution is -0.134. The predicted octanol–water partition coefficient (Wildman–Crippen LogP) is -0.317. The van der Waals surface area contributed by atoms with Crippen LogP contribution in [0.25, 0.3) is 22.7 Å². The maximum absolute atomic E-state index is 12.7. The number of alkyl halides is 2. The maximum atomic E-state index is 12.7. The molecular weight excluding hydrogens is 392 g/mol. The van der Waals surface area contributed by atoms with E-state index in [-0.39, 0.29) is 40.8 Å². The highest BCUT2D eigenvalue weighted by Gasteiger charge is 2.39. The van der Waals surface area contributed by atoms with Crippen LogP contribution in [0.15, 0.2) is 12.5 Å². The number of rotatable bonds is 6. The fraction of sp³-hybridized carbons (Fsp3) is 0.467. The van der Waals surface area contributed by atoms with Crippen molar-refractivity contribution < 1.29 is 23.4 Å². The van der Waals surface area contributed by atoms with E-state index in [9.17, 15) is 18.7 Å². The first-order valence-electron chi connectivity index (χ1n) is 8.66. The molecule has 0 aromatic carbocycles. The topological polar surface area (TPSA) is 156 Å². The van der Waals surface area contributed by atoms with Gasteiger partial charge in [0.2, 0.25) is 5.91 Å². The number of aromatic nitrogens is 7. The summed E-state index contributed by atoms with van der Waals surface area (Å²) in [5, 5.41) is 25.4. The molecule has 4 rings (SSSR count). The lowest BCUT2D eigenvalue weighted by atomic mass is 10.2. The average Bonchev–Trinajstić information content (AvgIpc) is 3.44. The monoisotopic (exact) mass is 409 g/mol. The quantitative estimate of drug-likeness (QED) is 0.429. The average molecular weight is 409 g/mol. The van der Waals surface area contributed by atoms with Crippen LogP contribution < -0.4 is 10.6 Å². The second kappa shape index (κ2) is 7.63. The molecule has 1 unspecified atom stereocenters. The van der Waals surface area contributed by atoms with E-state index in [0.717, 1.165) is 0 Å². The van der Waals surface area contributed by atoms with Crippen molar-refractivity contribution in [3.8, 4) is 11.5 Å². The number of imidazole rings is 1. The van der Waals surface area contributed by atoms with Crippen LogP contribution in [0.2, 0.25) is 0 Å². The van der Waals surface area contributed by atoms with Crippen molar-refractivity contribution in [1.29, 1.82) is 0 Å². The van der Waals surface area contributed by atoms with Gasteiger partial charge in [-0.25, -0.2) is 23.7 Å². The Morgan fingerprint density at radius 2 is 2.31 bits per heavy atom. The number of likely N-dealkylation sites (N-methyl/N-ethyl adjacent to an activating group) is 1. The van der Waals surface area contributed by atoms with Crippen molar-refractivity contribution in [1.82, 2.24) is 40.2 Å². The van der Waals surface area contributed by atoms with Crippen molar-refractivity contribution in [3.63, 3.8) is 0 Å². The van der Waals surface area contributed by atoms with E-state index in [1.54, 1.807) is 0 Å². The number of ether oxygens (including phenoxy) is 1. The van der Waals surface area contributed by atoms with Gasteiger partial charge in [-0.15, -0.1) is 5.10 Å². The van der Waals surface area contributed by atoms with Crippen LogP contribution in [-0.2, 0) is 9.53 Å². The first kappa shape index (κ1) is 19.1. The molecule has 1 aliphatic heterocycles. The molecule has 29 heavy (non-hydrogen) atoms. The molecule has 12 nitrogen and oxygen atoms in total. The van der Waals surface area contributed by atoms with Gasteiger partial charge in [0.25, 0.3) is 6.43 Å². The van der Waals surface area contributed by atoms with E-state index in [4.69, 9.17) is 4.74 Å². The van der Waals surface area contributed by atoms with E-state index in [1.807, 2.05) is 0 Å². The minimum atomic E-state index is -2.61. The molecule has 3 aromatic heterocycles. The fourth-order valence-electron chi connectivity index (χ4n) is 3.06. The van der Waals surface area contributed by atoms with Gasteiger partial charge in [0.1, 0.15) is 17.9 Å². The van der Waals surface area contributed by atoms with Crippen molar-refractivity contribution in [3.05, 3.63) is 12.5 Å². The van der Waals surface area contributed by atoms with E-state index in [0.29, 0.717) is 0 Å². The number of nitrogens with zero attached hydrogens (tertiary/aromatic N) is 6. The number of aromatic amines is 1. The van der Waals surface area contributed by atoms with Gasteiger partial charge in [-0.2, -0.15) is 0 Å². The highest BCUT2D eigenvalue weighted by atomic mass is 19.3. The first-order valence-corrected chi connectivity index (χ1v) is 8.66. The second-order valence-electron chi connectivity index (χ2n) is 6.28. The Kier molecular flexibility index (Phi) is 5.02. The summed E-state index contributed by atoms with van der Waals surface area (Å²) >= 11 is 0. The largest absolute Gasteiger partial charge is 0.388 e. The number of halogens is 2. The number of carbonyl (C=O) groups is 1. The smallest absolute Gasteiger partial charge is 0.255 e. The molecule has 154 valence electrons. The highest BCUT2D eigenvalue weighted by Crippen LogP contribution is 2.33. The Morgan fingerprint density at radius 3 is 3.00 bits per heavy atom. The van der Waals surface area contributed by atoms with Crippen LogP contribution in [0.5, 0.6) is 0 Å². The predicted molar refractivity (Wildman–Crippen MR) is 93.8 cm³/mol. The lowest BCUT2D eigenvalue weighted by Gasteiger charge is -2.17. The van der Waals surface area contributed by atoms with Crippen LogP contribution in [0.4, 0.5) is 14.6 Å². The summed E-state index contributed by atoms with van der Waals surface area (Å²) in [5.41, 5.74) is 0.712. The molecule has 4 N–H and O–H groups in total. The molecular formula is C15H17F2N9O3. The van der Waals surface area contributed by atoms with Crippen LogP contribution in [-0.4, -0.2) is 78.2 Å². The van der Waals surface area contributed by atoms with Gasteiger partial charge in [-0.3, -0.25) is 14.5 Å². The number of carbonyl (C=O) groups excluding carboxylic acids is 1. The SMILES string of the molecule is CNC(=O)[C@@H]1C[C@@H](O)C(n2cnc3c(NCC(F)F)nc(-c4c[nH]nn4)nc32)O1. The Bertz CT molecular complexity index is 1010. The number of hydrogen-bond acceptors (Lipinski definition) is 9. The molecule has 1 amide bonds. The normalized spacial score (nSPS) is 21.8. The molecule has 3 atom stereocenters. The number of hydrogen-bond donors (Lipinski definition) is 4. The third-order valence-corrected chi connectivity index (χ3v) is 4.39. The number of H-pyrrole nitrogens is 1. The summed E-state index contributed by atoms with van der Waals surface area (Å²) < 4.78 is 32.5. The van der Waals surface area contributed by atoms with Gasteiger partial charge < -0.3 is 20.5 Å². The Balaban J connectivity index is 1.77. The highest BCUT2D eigenvalue weighted by molar-refractivity contribution is 5.85. The lowest BCUT2D eigenvalue weighted by Crippen LogP contribution is -2.31. The summed E-state index contributed by atoms with van der Waals surface area (Å²) in [7, 11) is 1.47. The minimum Gasteiger partial charge on any atom is -0.388 e. The third kappa shape index (κ3) is 3.58. The van der Waals surface area contributed by atoms with Gasteiger partial charge in [-0.1, -0.05) is 5.21 Å². The molecule has 3 aromatic rings. The first-order chi connectivity index (χ1) is 14.0. The number of fused-ring (bicyclic) bond motifs is 1. The number of anilines is 1. The number of amides is 1. The van der Waals surface area contributed by atoms with Crippen LogP contribution in [0.3, 0.4) is 0 Å². The maximum Gasteiger partial charge on any atom is 0.255 e. The summed E-state index contributed by atoms with van der Waals surface area (Å²) in [4.78, 5) is 24.6. The molecule has 1 saturated heterocycles. The van der Waals surface area contributed by atoms with Gasteiger partial charge in [-0.05, 0) is 0 Å². The van der Waals surface area contributed by atoms with E-state index in [2.05, 4.69) is 41.0 Å². The van der Waals surface area contributed by atoms with Gasteiger partial charge in [0.05, 0.1) is 19.1 Å². The van der Waals surface area contributed by atoms with Crippen molar-refractivity contribution in [2.24, 2.45) is 0 Å². The Hall–Kier alpha value is -3.26. The molecule has 0 radical (unpaired) electrons. The number of aliphatic hydroxyl groups is 1. The summed E-state index contributed by atoms with van der Waals surface area (Å²) in [6.45, 7) is -0.640. The molecule has 4 heterocycles. The molecule has 0 bridgehead atoms. The molecule has 1 fully saturated rings. The Morgan fingerprint density at radius 1 is 1.48 bits per heavy atom. The standard InChI is InChI=1S/C15H17F2N9O3/c1-18-14(28)8-2-7(27)15(29-8)26-5-20-10-12(19-4-9(16)17)22-11(23-13(10)26)6-3-21-25-24-6/h3,5,7-9,15,27H,2,4H2,1H3,(H,18,28)(H,19,22,23)(H,21,24,25)/t7-,8+,15?/m1/s1. The molecule has 14 heteroatoms. The Labute approximate surface area is 161 Å². The minimum absolute atomic E-state index is 0.0717. The van der Waals surface area contributed by atoms with E-state index >= 15 is 0 Å². The van der Waals surface area contributed by atoms with Crippen LogP contribution >= 0.6 is 0 Å². The molecule has 0 saturated carbocycles. The van der Waals surface area contributed by atoms with Crippen molar-refractivity contribution in [2.45, 2.75) is 31.3 Å². The molecule has 0 spiro atoms. The van der Waals surface area contributed by atoms with Crippen molar-refractivity contribution >= 4 is 22.9 Å². The van der Waals surface area contributed by atoms with Gasteiger partial charge in [0, 0.05) is 13.5 Å². The van der Waals surface area contributed by atoms with Gasteiger partial charge in [0.15, 0.2) is 29.0 Å². The second-order valence-corrected chi connectivity index (χ2v) is 6.28. The zero-order valence-corrected chi connectivity index (χ0v) is 15.1. The zero-order chi connectivity index (χ0) is 20.5. The molecule has 1 aliphatic rings. The van der Waals surface area contributed by atoms with Gasteiger partial charge >= 0.3 is 0 Å². The van der Waals surface area contributed by atoms with E-state index < -0.39 is 31.4 Å². The fourth-order valence-corrected chi connectivity index (χ4v) is 3.06. The summed E-state index contributed by atoms with van der Waals surface area (Å²) in [6, 6.07) is 0. The summed E-state index contributed by atoms with van der Waals surface area (Å²) in [5.74, 6) is -0.185. The van der Waals surface area contributed by atoms with E-state index in [1.165, 1.54) is 24.1 Å². The number of aliphatic hydroxyl groups excluding tert-OH is 1. The summed E-state index contributed by atoms with van der Waals surface area (Å²) in [6.07, 6.45) is -2.51. The molecule has 0 aliphatic carbocycles.